The molecule has 1 N–H and O–H groups in total. The van der Waals surface area contributed by atoms with Crippen LogP contribution < -0.4 is 0 Å². The van der Waals surface area contributed by atoms with Gasteiger partial charge in [0.2, 0.25) is 5.91 Å². The lowest BCUT2D eigenvalue weighted by atomic mass is 9.92. The molecule has 1 aromatic heterocycles. The largest absolute Gasteiger partial charge is 0.390 e. The van der Waals surface area contributed by atoms with Crippen molar-refractivity contribution in [3.63, 3.8) is 0 Å². The van der Waals surface area contributed by atoms with E-state index in [0.29, 0.717) is 47.5 Å². The molecular formula is C27H26F2N4O2. The van der Waals surface area contributed by atoms with E-state index in [1.54, 1.807) is 27.8 Å². The van der Waals surface area contributed by atoms with Gasteiger partial charge in [0.25, 0.3) is 0 Å². The van der Waals surface area contributed by atoms with Crippen molar-refractivity contribution in [1.82, 2.24) is 14.7 Å². The Labute approximate surface area is 202 Å². The van der Waals surface area contributed by atoms with Crippen molar-refractivity contribution < 1.29 is 18.7 Å². The molecule has 6 nitrogen and oxygen atoms in total. The SMILES string of the molecule is CC(C)(C)C(=O)N1CCc2c(c(-c3cccc(C#N)c3)nn2C2c3cc(F)cc(F)c3CC2O)C1. The van der Waals surface area contributed by atoms with Crippen molar-refractivity contribution in [2.45, 2.75) is 52.3 Å². The molecule has 0 fully saturated rings. The first-order valence-electron chi connectivity index (χ1n) is 11.6. The molecule has 35 heavy (non-hydrogen) atoms. The van der Waals surface area contributed by atoms with Gasteiger partial charge in [0.1, 0.15) is 17.7 Å². The normalized spacial score (nSPS) is 19.3. The summed E-state index contributed by atoms with van der Waals surface area (Å²) in [5, 5.41) is 25.2. The Bertz CT molecular complexity index is 1380. The number of benzene rings is 2. The number of nitrogens with zero attached hydrogens (tertiary/aromatic N) is 4. The average molecular weight is 477 g/mol. The van der Waals surface area contributed by atoms with Crippen LogP contribution in [0.4, 0.5) is 8.78 Å². The van der Waals surface area contributed by atoms with Gasteiger partial charge in [0, 0.05) is 54.2 Å². The highest BCUT2D eigenvalue weighted by Crippen LogP contribution is 2.41. The maximum Gasteiger partial charge on any atom is 0.228 e. The van der Waals surface area contributed by atoms with Crippen LogP contribution in [0.5, 0.6) is 0 Å². The minimum atomic E-state index is -0.974. The fraction of sp³-hybridized carbons (Fsp3) is 0.370. The lowest BCUT2D eigenvalue weighted by molar-refractivity contribution is -0.140. The Morgan fingerprint density at radius 1 is 1.20 bits per heavy atom. The highest BCUT2D eigenvalue weighted by Gasteiger charge is 2.40. The topological polar surface area (TPSA) is 82.2 Å². The first kappa shape index (κ1) is 23.2. The zero-order chi connectivity index (χ0) is 25.1. The molecule has 2 unspecified atom stereocenters. The molecule has 0 saturated heterocycles. The van der Waals surface area contributed by atoms with E-state index in [-0.39, 0.29) is 12.3 Å². The third-order valence-electron chi connectivity index (χ3n) is 6.83. The zero-order valence-corrected chi connectivity index (χ0v) is 19.8. The van der Waals surface area contributed by atoms with Crippen LogP contribution in [0.1, 0.15) is 54.8 Å². The summed E-state index contributed by atoms with van der Waals surface area (Å²) in [5.41, 5.74) is 3.54. The first-order chi connectivity index (χ1) is 16.6. The summed E-state index contributed by atoms with van der Waals surface area (Å²) < 4.78 is 30.3. The number of carbonyl (C=O) groups excluding carboxylic acids is 1. The third-order valence-corrected chi connectivity index (χ3v) is 6.83. The molecular weight excluding hydrogens is 450 g/mol. The number of aliphatic hydroxyl groups excluding tert-OH is 1. The first-order valence-corrected chi connectivity index (χ1v) is 11.6. The van der Waals surface area contributed by atoms with Gasteiger partial charge >= 0.3 is 0 Å². The predicted octanol–water partition coefficient (Wildman–Crippen LogP) is 4.14. The van der Waals surface area contributed by atoms with Gasteiger partial charge in [-0.15, -0.1) is 0 Å². The van der Waals surface area contributed by atoms with Crippen LogP contribution in [0.3, 0.4) is 0 Å². The summed E-state index contributed by atoms with van der Waals surface area (Å²) in [6, 6.07) is 10.5. The van der Waals surface area contributed by atoms with Gasteiger partial charge in [-0.3, -0.25) is 9.48 Å². The number of aliphatic hydroxyl groups is 1. The van der Waals surface area contributed by atoms with E-state index in [0.717, 1.165) is 17.3 Å². The minimum absolute atomic E-state index is 0.0167. The molecule has 1 amide bonds. The molecule has 5 rings (SSSR count). The number of amides is 1. The smallest absolute Gasteiger partial charge is 0.228 e. The summed E-state index contributed by atoms with van der Waals surface area (Å²) in [6.07, 6.45) is -0.426. The Kier molecular flexibility index (Phi) is 5.48. The van der Waals surface area contributed by atoms with E-state index >= 15 is 0 Å². The van der Waals surface area contributed by atoms with E-state index in [1.165, 1.54) is 6.07 Å². The van der Waals surface area contributed by atoms with Gasteiger partial charge in [-0.05, 0) is 29.3 Å². The number of halogens is 2. The summed E-state index contributed by atoms with van der Waals surface area (Å²) in [6.45, 7) is 6.42. The number of aromatic nitrogens is 2. The molecule has 2 heterocycles. The van der Waals surface area contributed by atoms with Gasteiger partial charge in [-0.2, -0.15) is 10.4 Å². The standard InChI is InChI=1S/C27H26F2N4O2/c1-27(2,3)26(35)32-8-7-22-20(14-32)24(16-6-4-5-15(9-16)13-30)31-33(22)25-19-10-17(28)11-21(29)18(19)12-23(25)34/h4-6,9-11,23,25,34H,7-8,12,14H2,1-3H3. The molecule has 1 aliphatic heterocycles. The number of hydrogen-bond donors (Lipinski definition) is 1. The predicted molar refractivity (Wildman–Crippen MR) is 125 cm³/mol. The molecule has 0 saturated carbocycles. The fourth-order valence-electron chi connectivity index (χ4n) is 5.22. The van der Waals surface area contributed by atoms with Crippen molar-refractivity contribution in [3.05, 3.63) is 76.0 Å². The zero-order valence-electron chi connectivity index (χ0n) is 19.8. The monoisotopic (exact) mass is 476 g/mol. The van der Waals surface area contributed by atoms with E-state index in [4.69, 9.17) is 5.10 Å². The summed E-state index contributed by atoms with van der Waals surface area (Å²) in [5.74, 6) is -1.36. The van der Waals surface area contributed by atoms with Crippen LogP contribution in [-0.2, 0) is 24.2 Å². The molecule has 0 spiro atoms. The Balaban J connectivity index is 1.67. The lowest BCUT2D eigenvalue weighted by Crippen LogP contribution is -2.42. The number of rotatable bonds is 2. The lowest BCUT2D eigenvalue weighted by Gasteiger charge is -2.33. The van der Waals surface area contributed by atoms with Crippen LogP contribution in [0.25, 0.3) is 11.3 Å². The van der Waals surface area contributed by atoms with Crippen molar-refractivity contribution in [2.75, 3.05) is 6.54 Å². The van der Waals surface area contributed by atoms with Gasteiger partial charge in [-0.1, -0.05) is 32.9 Å². The Hall–Kier alpha value is -3.57. The van der Waals surface area contributed by atoms with Gasteiger partial charge < -0.3 is 10.0 Å². The molecule has 0 bridgehead atoms. The second-order valence-electron chi connectivity index (χ2n) is 10.3. The summed E-state index contributed by atoms with van der Waals surface area (Å²) in [7, 11) is 0. The van der Waals surface area contributed by atoms with Gasteiger partial charge in [-0.25, -0.2) is 8.78 Å². The van der Waals surface area contributed by atoms with Crippen molar-refractivity contribution >= 4 is 5.91 Å². The molecule has 3 aromatic rings. The Morgan fingerprint density at radius 2 is 1.97 bits per heavy atom. The van der Waals surface area contributed by atoms with Gasteiger partial charge in [0.05, 0.1) is 23.4 Å². The quantitative estimate of drug-likeness (QED) is 0.603. The molecule has 2 aliphatic rings. The average Bonchev–Trinajstić information content (AvgIpc) is 3.34. The maximum atomic E-state index is 14.5. The molecule has 2 aromatic carbocycles. The molecule has 2 atom stereocenters. The van der Waals surface area contributed by atoms with Crippen molar-refractivity contribution in [2.24, 2.45) is 5.41 Å². The fourth-order valence-corrected chi connectivity index (χ4v) is 5.22. The van der Waals surface area contributed by atoms with Crippen LogP contribution in [-0.4, -0.2) is 38.3 Å². The summed E-state index contributed by atoms with van der Waals surface area (Å²) in [4.78, 5) is 14.9. The number of nitriles is 1. The molecule has 180 valence electrons. The van der Waals surface area contributed by atoms with Crippen LogP contribution in [0.15, 0.2) is 36.4 Å². The van der Waals surface area contributed by atoms with E-state index in [2.05, 4.69) is 6.07 Å². The molecule has 1 aliphatic carbocycles. The van der Waals surface area contributed by atoms with Crippen LogP contribution in [0.2, 0.25) is 0 Å². The van der Waals surface area contributed by atoms with Gasteiger partial charge in [0.15, 0.2) is 0 Å². The van der Waals surface area contributed by atoms with Crippen LogP contribution >= 0.6 is 0 Å². The van der Waals surface area contributed by atoms with Crippen LogP contribution in [0, 0.1) is 28.4 Å². The number of carbonyl (C=O) groups is 1. The number of fused-ring (bicyclic) bond motifs is 2. The third kappa shape index (κ3) is 3.90. The minimum Gasteiger partial charge on any atom is -0.390 e. The van der Waals surface area contributed by atoms with E-state index < -0.39 is 29.2 Å². The second-order valence-corrected chi connectivity index (χ2v) is 10.3. The highest BCUT2D eigenvalue weighted by molar-refractivity contribution is 5.82. The Morgan fingerprint density at radius 3 is 2.69 bits per heavy atom. The van der Waals surface area contributed by atoms with E-state index in [9.17, 15) is 23.9 Å². The van der Waals surface area contributed by atoms with Crippen molar-refractivity contribution in [3.8, 4) is 17.3 Å². The summed E-state index contributed by atoms with van der Waals surface area (Å²) >= 11 is 0. The van der Waals surface area contributed by atoms with Crippen molar-refractivity contribution in [1.29, 1.82) is 5.26 Å². The van der Waals surface area contributed by atoms with E-state index in [1.807, 2.05) is 26.8 Å². The molecule has 8 heteroatoms. The highest BCUT2D eigenvalue weighted by atomic mass is 19.1. The molecule has 0 radical (unpaired) electrons. The number of hydrogen-bond acceptors (Lipinski definition) is 4. The maximum absolute atomic E-state index is 14.5. The second kappa shape index (κ2) is 8.28.